The summed E-state index contributed by atoms with van der Waals surface area (Å²) in [6.07, 6.45) is -3.21. The maximum Gasteiger partial charge on any atom is 0.340 e. The molecule has 4 aromatic rings. The molecule has 9 nitrogen and oxygen atoms in total. The third-order valence-electron chi connectivity index (χ3n) is 6.94. The van der Waals surface area contributed by atoms with Gasteiger partial charge in [-0.3, -0.25) is 0 Å². The Bertz CT molecular complexity index is 1610. The minimum Gasteiger partial charge on any atom is -0.459 e. The Hall–Kier alpha value is -5.54. The van der Waals surface area contributed by atoms with Crippen molar-refractivity contribution in [2.24, 2.45) is 0 Å². The first-order chi connectivity index (χ1) is 21.4. The zero-order valence-electron chi connectivity index (χ0n) is 23.4. The van der Waals surface area contributed by atoms with Gasteiger partial charge in [0.15, 0.2) is 0 Å². The van der Waals surface area contributed by atoms with Crippen LogP contribution in [0.5, 0.6) is 0 Å². The molecule has 0 spiro atoms. The van der Waals surface area contributed by atoms with Crippen LogP contribution in [0.3, 0.4) is 0 Å². The Labute approximate surface area is 253 Å². The summed E-state index contributed by atoms with van der Waals surface area (Å²) < 4.78 is 29.2. The molecule has 0 saturated carbocycles. The van der Waals surface area contributed by atoms with Crippen molar-refractivity contribution in [2.75, 3.05) is 6.61 Å². The van der Waals surface area contributed by atoms with E-state index >= 15 is 0 Å². The second-order valence-electron chi connectivity index (χ2n) is 9.73. The highest BCUT2D eigenvalue weighted by Crippen LogP contribution is 2.40. The van der Waals surface area contributed by atoms with E-state index < -0.39 is 54.6 Å². The van der Waals surface area contributed by atoms with Crippen molar-refractivity contribution < 1.29 is 42.9 Å². The molecule has 1 heterocycles. The summed E-state index contributed by atoms with van der Waals surface area (Å²) in [4.78, 5) is 52.8. The van der Waals surface area contributed by atoms with Gasteiger partial charge < -0.3 is 23.7 Å². The van der Waals surface area contributed by atoms with Crippen molar-refractivity contribution in [3.63, 3.8) is 0 Å². The molecule has 222 valence electrons. The zero-order valence-corrected chi connectivity index (χ0v) is 23.4. The average Bonchev–Trinajstić information content (AvgIpc) is 3.35. The lowest BCUT2D eigenvalue weighted by Crippen LogP contribution is -2.53. The molecule has 0 bridgehead atoms. The van der Waals surface area contributed by atoms with E-state index in [2.05, 4.69) is 6.58 Å². The van der Waals surface area contributed by atoms with Crippen LogP contribution < -0.4 is 0 Å². The molecule has 0 aliphatic carbocycles. The fourth-order valence-corrected chi connectivity index (χ4v) is 4.66. The fraction of sp³-hybridized carbons (Fsp3) is 0.143. The Morgan fingerprint density at radius 1 is 0.614 bits per heavy atom. The number of carbonyl (C=O) groups is 4. The van der Waals surface area contributed by atoms with E-state index in [4.69, 9.17) is 23.7 Å². The Morgan fingerprint density at radius 3 is 1.48 bits per heavy atom. The molecular formula is C35H28O9. The van der Waals surface area contributed by atoms with Crippen LogP contribution in [0.4, 0.5) is 0 Å². The second kappa shape index (κ2) is 13.6. The van der Waals surface area contributed by atoms with Crippen LogP contribution in [0.15, 0.2) is 134 Å². The number of benzene rings is 4. The van der Waals surface area contributed by atoms with E-state index in [1.54, 1.807) is 84.9 Å². The number of esters is 4. The third-order valence-corrected chi connectivity index (χ3v) is 6.94. The summed E-state index contributed by atoms with van der Waals surface area (Å²) in [5.74, 6) is -3.07. The van der Waals surface area contributed by atoms with Crippen LogP contribution in [0.25, 0.3) is 0 Å². The van der Waals surface area contributed by atoms with Crippen molar-refractivity contribution in [1.29, 1.82) is 0 Å². The predicted molar refractivity (Wildman–Crippen MR) is 158 cm³/mol. The summed E-state index contributed by atoms with van der Waals surface area (Å²) in [5.41, 5.74) is -1.11. The smallest absolute Gasteiger partial charge is 0.340 e. The second-order valence-corrected chi connectivity index (χ2v) is 9.73. The molecular weight excluding hydrogens is 564 g/mol. The molecule has 0 N–H and O–H groups in total. The Kier molecular flexibility index (Phi) is 9.27. The summed E-state index contributed by atoms with van der Waals surface area (Å²) in [6, 6.07) is 32.6. The van der Waals surface area contributed by atoms with Gasteiger partial charge in [-0.05, 0) is 54.6 Å². The van der Waals surface area contributed by atoms with E-state index in [0.717, 1.165) is 0 Å². The van der Waals surface area contributed by atoms with Gasteiger partial charge in [-0.15, -0.1) is 0 Å². The zero-order chi connectivity index (χ0) is 30.9. The number of rotatable bonds is 10. The van der Waals surface area contributed by atoms with Gasteiger partial charge in [0.25, 0.3) is 0 Å². The summed E-state index contributed by atoms with van der Waals surface area (Å²) in [7, 11) is 0. The molecule has 0 aromatic heterocycles. The minimum absolute atomic E-state index is 0.187. The van der Waals surface area contributed by atoms with Crippen molar-refractivity contribution in [1.82, 2.24) is 0 Å². The van der Waals surface area contributed by atoms with E-state index in [-0.39, 0.29) is 22.3 Å². The maximum atomic E-state index is 13.4. The highest BCUT2D eigenvalue weighted by molar-refractivity contribution is 5.92. The van der Waals surface area contributed by atoms with Crippen LogP contribution in [0, 0.1) is 0 Å². The molecule has 1 saturated heterocycles. The van der Waals surface area contributed by atoms with Crippen molar-refractivity contribution in [3.8, 4) is 0 Å². The molecule has 1 unspecified atom stereocenters. The molecule has 1 aliphatic heterocycles. The van der Waals surface area contributed by atoms with Crippen molar-refractivity contribution in [3.05, 3.63) is 156 Å². The van der Waals surface area contributed by atoms with E-state index in [9.17, 15) is 19.2 Å². The highest BCUT2D eigenvalue weighted by Gasteiger charge is 2.62. The SMILES string of the molecule is C=C[C@@]1(OC(=O)c2ccccc2)[C@@H](COC(=O)c2ccccc2)OC(OC(=O)c2ccccc2)[C@@H]1OC(=O)c1ccccc1. The van der Waals surface area contributed by atoms with Gasteiger partial charge >= 0.3 is 23.9 Å². The molecule has 5 rings (SSSR count). The lowest BCUT2D eigenvalue weighted by molar-refractivity contribution is -0.141. The summed E-state index contributed by atoms with van der Waals surface area (Å²) in [5, 5.41) is 0. The van der Waals surface area contributed by atoms with Gasteiger partial charge in [-0.25, -0.2) is 19.2 Å². The molecule has 4 atom stereocenters. The quantitative estimate of drug-likeness (QED) is 0.135. The normalized spacial score (nSPS) is 20.6. The maximum absolute atomic E-state index is 13.4. The number of ether oxygens (including phenoxy) is 5. The molecule has 1 aliphatic rings. The van der Waals surface area contributed by atoms with Crippen LogP contribution in [-0.2, 0) is 23.7 Å². The largest absolute Gasteiger partial charge is 0.459 e. The molecule has 4 aromatic carbocycles. The number of hydrogen-bond donors (Lipinski definition) is 0. The third kappa shape index (κ3) is 6.58. The van der Waals surface area contributed by atoms with Crippen LogP contribution >= 0.6 is 0 Å². The first kappa shape index (κ1) is 29.9. The van der Waals surface area contributed by atoms with Gasteiger partial charge in [0.05, 0.1) is 22.3 Å². The highest BCUT2D eigenvalue weighted by atomic mass is 16.8. The minimum atomic E-state index is -1.96. The van der Waals surface area contributed by atoms with Gasteiger partial charge in [0, 0.05) is 0 Å². The van der Waals surface area contributed by atoms with E-state index in [0.29, 0.717) is 0 Å². The van der Waals surface area contributed by atoms with Crippen LogP contribution in [-0.4, -0.2) is 54.6 Å². The Balaban J connectivity index is 1.52. The van der Waals surface area contributed by atoms with Gasteiger partial charge in [0.1, 0.15) is 12.7 Å². The van der Waals surface area contributed by atoms with Crippen LogP contribution in [0.1, 0.15) is 41.4 Å². The first-order valence-corrected chi connectivity index (χ1v) is 13.7. The molecule has 9 heteroatoms. The Morgan fingerprint density at radius 2 is 1.02 bits per heavy atom. The predicted octanol–water partition coefficient (Wildman–Crippen LogP) is 5.43. The number of carbonyl (C=O) groups excluding carboxylic acids is 4. The molecule has 44 heavy (non-hydrogen) atoms. The molecule has 1 fully saturated rings. The van der Waals surface area contributed by atoms with Gasteiger partial charge in [-0.2, -0.15) is 0 Å². The van der Waals surface area contributed by atoms with Crippen molar-refractivity contribution >= 4 is 23.9 Å². The van der Waals surface area contributed by atoms with Gasteiger partial charge in [0.2, 0.25) is 18.0 Å². The first-order valence-electron chi connectivity index (χ1n) is 13.7. The number of hydrogen-bond acceptors (Lipinski definition) is 9. The lowest BCUT2D eigenvalue weighted by atomic mass is 9.91. The fourth-order valence-electron chi connectivity index (χ4n) is 4.66. The molecule has 0 radical (unpaired) electrons. The van der Waals surface area contributed by atoms with Crippen LogP contribution in [0.2, 0.25) is 0 Å². The average molecular weight is 593 g/mol. The van der Waals surface area contributed by atoms with Gasteiger partial charge in [-0.1, -0.05) is 79.4 Å². The summed E-state index contributed by atoms with van der Waals surface area (Å²) in [6.45, 7) is 3.40. The standard InChI is InChI=1S/C35H28O9/c1-2-35(44-33(39)27-21-13-6-14-22-27)28(23-40-30(36)24-15-7-3-8-16-24)41-34(43-32(38)26-19-11-5-12-20-26)29(35)42-31(37)25-17-9-4-10-18-25/h2-22,28-29,34H,1,23H2/t28-,29+,34?,35-/m1/s1. The van der Waals surface area contributed by atoms with E-state index in [1.807, 2.05) is 0 Å². The molecule has 0 amide bonds. The summed E-state index contributed by atoms with van der Waals surface area (Å²) >= 11 is 0. The van der Waals surface area contributed by atoms with E-state index in [1.165, 1.54) is 42.5 Å². The topological polar surface area (TPSA) is 114 Å². The monoisotopic (exact) mass is 592 g/mol. The lowest BCUT2D eigenvalue weighted by Gasteiger charge is -2.34. The van der Waals surface area contributed by atoms with Crippen molar-refractivity contribution in [2.45, 2.75) is 24.1 Å².